The van der Waals surface area contributed by atoms with Crippen molar-refractivity contribution in [2.75, 3.05) is 0 Å². The van der Waals surface area contributed by atoms with Crippen molar-refractivity contribution in [3.05, 3.63) is 88.3 Å². The summed E-state index contributed by atoms with van der Waals surface area (Å²) < 4.78 is 5.64. The number of rotatable bonds is 6. The maximum Gasteiger partial charge on any atom is 0.251 e. The van der Waals surface area contributed by atoms with Crippen LogP contribution in [0.5, 0.6) is 5.75 Å². The van der Waals surface area contributed by atoms with E-state index in [0.717, 1.165) is 11.5 Å². The van der Waals surface area contributed by atoms with Gasteiger partial charge in [-0.15, -0.1) is 0 Å². The molecule has 116 valence electrons. The van der Waals surface area contributed by atoms with Gasteiger partial charge in [-0.1, -0.05) is 60.3 Å². The number of benzene rings is 2. The lowest BCUT2D eigenvalue weighted by Gasteiger charge is -2.07. The molecule has 1 aromatic heterocycles. The van der Waals surface area contributed by atoms with E-state index in [1.807, 2.05) is 60.7 Å². The first-order valence-electron chi connectivity index (χ1n) is 7.24. The van der Waals surface area contributed by atoms with E-state index in [-0.39, 0.29) is 12.2 Å². The summed E-state index contributed by atoms with van der Waals surface area (Å²) in [6, 6.07) is 21.0. The van der Waals surface area contributed by atoms with Gasteiger partial charge in [-0.3, -0.25) is 4.79 Å². The first-order valence-corrected chi connectivity index (χ1v) is 8.23. The van der Waals surface area contributed by atoms with Crippen LogP contribution in [0, 0.1) is 0 Å². The van der Waals surface area contributed by atoms with Crippen LogP contribution in [0.4, 0.5) is 0 Å². The number of thioether (sulfide) groups is 1. The lowest BCUT2D eigenvalue weighted by atomic mass is 10.2. The van der Waals surface area contributed by atoms with Gasteiger partial charge in [0.1, 0.15) is 12.4 Å². The van der Waals surface area contributed by atoms with Crippen molar-refractivity contribution in [3.8, 4) is 5.75 Å². The SMILES string of the molecule is O=c1cc(COc2ccccc2)nc(SCc2ccccc2)[nH]1. The summed E-state index contributed by atoms with van der Waals surface area (Å²) in [5.41, 5.74) is 1.64. The molecule has 0 spiro atoms. The smallest absolute Gasteiger partial charge is 0.251 e. The summed E-state index contributed by atoms with van der Waals surface area (Å²) in [5.74, 6) is 1.51. The first kappa shape index (κ1) is 15.4. The Morgan fingerprint density at radius 3 is 2.43 bits per heavy atom. The molecular formula is C18H16N2O2S. The average molecular weight is 324 g/mol. The third kappa shape index (κ3) is 4.72. The topological polar surface area (TPSA) is 55.0 Å². The fourth-order valence-electron chi connectivity index (χ4n) is 2.03. The number of nitrogens with zero attached hydrogens (tertiary/aromatic N) is 1. The molecule has 0 saturated heterocycles. The van der Waals surface area contributed by atoms with Crippen LogP contribution >= 0.6 is 11.8 Å². The molecule has 5 heteroatoms. The first-order chi connectivity index (χ1) is 11.3. The molecule has 0 radical (unpaired) electrons. The predicted molar refractivity (Wildman–Crippen MR) is 91.6 cm³/mol. The Morgan fingerprint density at radius 2 is 1.70 bits per heavy atom. The number of nitrogens with one attached hydrogen (secondary N) is 1. The Morgan fingerprint density at radius 1 is 1.00 bits per heavy atom. The average Bonchev–Trinajstić information content (AvgIpc) is 2.60. The highest BCUT2D eigenvalue weighted by Gasteiger charge is 2.04. The molecular weight excluding hydrogens is 308 g/mol. The molecule has 1 N–H and O–H groups in total. The molecule has 0 amide bonds. The minimum Gasteiger partial charge on any atom is -0.487 e. The van der Waals surface area contributed by atoms with Crippen molar-refractivity contribution in [1.82, 2.24) is 9.97 Å². The van der Waals surface area contributed by atoms with Crippen molar-refractivity contribution in [2.45, 2.75) is 17.5 Å². The zero-order valence-corrected chi connectivity index (χ0v) is 13.3. The van der Waals surface area contributed by atoms with Gasteiger partial charge < -0.3 is 9.72 Å². The highest BCUT2D eigenvalue weighted by Crippen LogP contribution is 2.18. The van der Waals surface area contributed by atoms with E-state index in [2.05, 4.69) is 9.97 Å². The molecule has 4 nitrogen and oxygen atoms in total. The summed E-state index contributed by atoms with van der Waals surface area (Å²) in [6.45, 7) is 0.271. The van der Waals surface area contributed by atoms with Gasteiger partial charge in [0.25, 0.3) is 5.56 Å². The van der Waals surface area contributed by atoms with E-state index < -0.39 is 0 Å². The molecule has 0 aliphatic heterocycles. The molecule has 0 aliphatic carbocycles. The van der Waals surface area contributed by atoms with Gasteiger partial charge in [0.05, 0.1) is 5.69 Å². The second-order valence-electron chi connectivity index (χ2n) is 4.92. The number of aromatic nitrogens is 2. The molecule has 0 aliphatic rings. The molecule has 0 atom stereocenters. The third-order valence-electron chi connectivity index (χ3n) is 3.12. The standard InChI is InChI=1S/C18H16N2O2S/c21-17-11-15(12-22-16-9-5-2-6-10-16)19-18(20-17)23-13-14-7-3-1-4-8-14/h1-11H,12-13H2,(H,19,20,21). The maximum atomic E-state index is 11.8. The second kappa shape index (κ2) is 7.65. The fraction of sp³-hybridized carbons (Fsp3) is 0.111. The molecule has 0 fully saturated rings. The van der Waals surface area contributed by atoms with Crippen LogP contribution in [-0.4, -0.2) is 9.97 Å². The van der Waals surface area contributed by atoms with E-state index in [1.165, 1.54) is 23.4 Å². The van der Waals surface area contributed by atoms with Crippen LogP contribution in [0.3, 0.4) is 0 Å². The van der Waals surface area contributed by atoms with Crippen LogP contribution in [0.25, 0.3) is 0 Å². The fourth-order valence-corrected chi connectivity index (χ4v) is 2.88. The van der Waals surface area contributed by atoms with Crippen LogP contribution in [0.15, 0.2) is 76.7 Å². The predicted octanol–water partition coefficient (Wildman–Crippen LogP) is 3.64. The highest BCUT2D eigenvalue weighted by atomic mass is 32.2. The van der Waals surface area contributed by atoms with Gasteiger partial charge in [-0.25, -0.2) is 4.98 Å². The van der Waals surface area contributed by atoms with Gasteiger partial charge in [0, 0.05) is 11.8 Å². The van der Waals surface area contributed by atoms with Crippen molar-refractivity contribution >= 4 is 11.8 Å². The minimum absolute atomic E-state index is 0.165. The monoisotopic (exact) mass is 324 g/mol. The second-order valence-corrected chi connectivity index (χ2v) is 5.88. The highest BCUT2D eigenvalue weighted by molar-refractivity contribution is 7.98. The molecule has 2 aromatic carbocycles. The molecule has 3 aromatic rings. The van der Waals surface area contributed by atoms with Crippen LogP contribution < -0.4 is 10.3 Å². The van der Waals surface area contributed by atoms with Gasteiger partial charge in [-0.2, -0.15) is 0 Å². The van der Waals surface area contributed by atoms with Crippen molar-refractivity contribution in [1.29, 1.82) is 0 Å². The Balaban J connectivity index is 1.65. The van der Waals surface area contributed by atoms with E-state index in [9.17, 15) is 4.79 Å². The number of hydrogen-bond acceptors (Lipinski definition) is 4. The zero-order valence-electron chi connectivity index (χ0n) is 12.4. The summed E-state index contributed by atoms with van der Waals surface area (Å²) >= 11 is 1.50. The van der Waals surface area contributed by atoms with Crippen molar-refractivity contribution < 1.29 is 4.74 Å². The molecule has 0 bridgehead atoms. The van der Waals surface area contributed by atoms with E-state index in [0.29, 0.717) is 10.9 Å². The van der Waals surface area contributed by atoms with E-state index in [4.69, 9.17) is 4.74 Å². The minimum atomic E-state index is -0.165. The van der Waals surface area contributed by atoms with Gasteiger partial charge in [0.15, 0.2) is 5.16 Å². The van der Waals surface area contributed by atoms with Crippen molar-refractivity contribution in [2.24, 2.45) is 0 Å². The summed E-state index contributed by atoms with van der Waals surface area (Å²) in [7, 11) is 0. The van der Waals surface area contributed by atoms with Crippen LogP contribution in [0.1, 0.15) is 11.3 Å². The number of H-pyrrole nitrogens is 1. The van der Waals surface area contributed by atoms with Crippen molar-refractivity contribution in [3.63, 3.8) is 0 Å². The van der Waals surface area contributed by atoms with Crippen LogP contribution in [0.2, 0.25) is 0 Å². The Kier molecular flexibility index (Phi) is 5.11. The molecule has 0 unspecified atom stereocenters. The normalized spacial score (nSPS) is 10.4. The van der Waals surface area contributed by atoms with Gasteiger partial charge in [0.2, 0.25) is 0 Å². The molecule has 23 heavy (non-hydrogen) atoms. The summed E-state index contributed by atoms with van der Waals surface area (Å²) in [6.07, 6.45) is 0. The largest absolute Gasteiger partial charge is 0.487 e. The quantitative estimate of drug-likeness (QED) is 0.555. The summed E-state index contributed by atoms with van der Waals surface area (Å²) in [5, 5.41) is 0.605. The lowest BCUT2D eigenvalue weighted by Crippen LogP contribution is -2.11. The Labute approximate surface area is 138 Å². The number of para-hydroxylation sites is 1. The zero-order chi connectivity index (χ0) is 15.9. The van der Waals surface area contributed by atoms with Gasteiger partial charge >= 0.3 is 0 Å². The number of hydrogen-bond donors (Lipinski definition) is 1. The lowest BCUT2D eigenvalue weighted by molar-refractivity contribution is 0.299. The number of ether oxygens (including phenoxy) is 1. The maximum absolute atomic E-state index is 11.8. The number of aromatic amines is 1. The van der Waals surface area contributed by atoms with Gasteiger partial charge in [-0.05, 0) is 17.7 Å². The third-order valence-corrected chi connectivity index (χ3v) is 4.07. The molecule has 0 saturated carbocycles. The Bertz CT molecular complexity index is 739. The van der Waals surface area contributed by atoms with Crippen LogP contribution in [-0.2, 0) is 12.4 Å². The van der Waals surface area contributed by atoms with E-state index >= 15 is 0 Å². The molecule has 1 heterocycles. The molecule has 3 rings (SSSR count). The Hall–Kier alpha value is -2.53. The summed E-state index contributed by atoms with van der Waals surface area (Å²) in [4.78, 5) is 19.0. The van der Waals surface area contributed by atoms with E-state index in [1.54, 1.807) is 0 Å².